The normalized spacial score (nSPS) is 11.9. The standard InChI is InChI=1S/C12H20NO2PS/c1-3-10-16(11-4-2)13-17(14,15)12-8-6-5-7-9-12/h5-9,13H,3-4,10-11H2,1-2H3. The fourth-order valence-electron chi connectivity index (χ4n) is 1.57. The van der Waals surface area contributed by atoms with E-state index in [1.165, 1.54) is 0 Å². The van der Waals surface area contributed by atoms with E-state index in [1.54, 1.807) is 24.3 Å². The van der Waals surface area contributed by atoms with Gasteiger partial charge in [0.2, 0.25) is 10.0 Å². The first-order valence-corrected chi connectivity index (χ1v) is 9.12. The third-order valence-electron chi connectivity index (χ3n) is 2.29. The molecule has 1 aromatic rings. The number of benzene rings is 1. The van der Waals surface area contributed by atoms with E-state index in [0.717, 1.165) is 25.2 Å². The maximum absolute atomic E-state index is 12.1. The number of hydrogen-bond donors (Lipinski definition) is 1. The average molecular weight is 273 g/mol. The molecule has 1 rings (SSSR count). The van der Waals surface area contributed by atoms with Crippen LogP contribution in [0.1, 0.15) is 26.7 Å². The predicted octanol–water partition coefficient (Wildman–Crippen LogP) is 3.18. The third-order valence-corrected chi connectivity index (χ3v) is 7.15. The molecular formula is C12H20NO2PS. The molecular weight excluding hydrogens is 253 g/mol. The van der Waals surface area contributed by atoms with Crippen molar-refractivity contribution in [3.63, 3.8) is 0 Å². The SMILES string of the molecule is CCCP(CCC)NS(=O)(=O)c1ccccc1. The molecule has 1 aromatic carbocycles. The van der Waals surface area contributed by atoms with Gasteiger partial charge in [-0.1, -0.05) is 44.9 Å². The van der Waals surface area contributed by atoms with Crippen molar-refractivity contribution in [2.75, 3.05) is 12.3 Å². The van der Waals surface area contributed by atoms with Crippen molar-refractivity contribution >= 4 is 18.1 Å². The van der Waals surface area contributed by atoms with Crippen LogP contribution in [-0.4, -0.2) is 20.7 Å². The second kappa shape index (κ2) is 7.10. The Hall–Kier alpha value is -0.440. The molecule has 0 aliphatic rings. The highest BCUT2D eigenvalue weighted by Crippen LogP contribution is 2.34. The Morgan fingerprint density at radius 1 is 1.06 bits per heavy atom. The largest absolute Gasteiger partial charge is 0.243 e. The Morgan fingerprint density at radius 2 is 1.59 bits per heavy atom. The Kier molecular flexibility index (Phi) is 6.10. The van der Waals surface area contributed by atoms with Crippen molar-refractivity contribution in [3.8, 4) is 0 Å². The van der Waals surface area contributed by atoms with Gasteiger partial charge in [0.25, 0.3) is 0 Å². The monoisotopic (exact) mass is 273 g/mol. The minimum Gasteiger partial charge on any atom is -0.207 e. The van der Waals surface area contributed by atoms with Crippen LogP contribution in [0.15, 0.2) is 35.2 Å². The summed E-state index contributed by atoms with van der Waals surface area (Å²) in [5, 5.41) is 0. The summed E-state index contributed by atoms with van der Waals surface area (Å²) in [6.45, 7) is 4.17. The predicted molar refractivity (Wildman–Crippen MR) is 74.0 cm³/mol. The van der Waals surface area contributed by atoms with E-state index in [9.17, 15) is 8.42 Å². The summed E-state index contributed by atoms with van der Waals surface area (Å²) < 4.78 is 27.0. The first-order chi connectivity index (χ1) is 8.10. The molecule has 0 aliphatic carbocycles. The highest BCUT2D eigenvalue weighted by molar-refractivity contribution is 7.95. The summed E-state index contributed by atoms with van der Waals surface area (Å²) in [5.41, 5.74) is 0. The van der Waals surface area contributed by atoms with Crippen molar-refractivity contribution in [1.82, 2.24) is 4.49 Å². The van der Waals surface area contributed by atoms with E-state index in [4.69, 9.17) is 0 Å². The van der Waals surface area contributed by atoms with E-state index < -0.39 is 18.1 Å². The van der Waals surface area contributed by atoms with Gasteiger partial charge in [0, 0.05) is 0 Å². The van der Waals surface area contributed by atoms with Gasteiger partial charge >= 0.3 is 0 Å². The zero-order valence-corrected chi connectivity index (χ0v) is 12.1. The summed E-state index contributed by atoms with van der Waals surface area (Å²) in [5.74, 6) is 0. The number of sulfonamides is 1. The van der Waals surface area contributed by atoms with E-state index in [0.29, 0.717) is 4.90 Å². The van der Waals surface area contributed by atoms with Crippen LogP contribution in [0.2, 0.25) is 0 Å². The molecule has 0 saturated carbocycles. The molecule has 0 aliphatic heterocycles. The first kappa shape index (κ1) is 14.6. The summed E-state index contributed by atoms with van der Waals surface area (Å²) >= 11 is 0. The molecule has 0 unspecified atom stereocenters. The van der Waals surface area contributed by atoms with Crippen molar-refractivity contribution < 1.29 is 8.42 Å². The maximum atomic E-state index is 12.1. The van der Waals surface area contributed by atoms with E-state index in [-0.39, 0.29) is 0 Å². The van der Waals surface area contributed by atoms with E-state index in [2.05, 4.69) is 18.3 Å². The van der Waals surface area contributed by atoms with Crippen molar-refractivity contribution in [3.05, 3.63) is 30.3 Å². The average Bonchev–Trinajstić information content (AvgIpc) is 2.30. The summed E-state index contributed by atoms with van der Waals surface area (Å²) in [4.78, 5) is 0.361. The molecule has 0 bridgehead atoms. The lowest BCUT2D eigenvalue weighted by Gasteiger charge is -2.17. The van der Waals surface area contributed by atoms with Gasteiger partial charge in [-0.05, 0) is 32.5 Å². The maximum Gasteiger partial charge on any atom is 0.243 e. The van der Waals surface area contributed by atoms with Gasteiger partial charge in [-0.3, -0.25) is 0 Å². The zero-order valence-electron chi connectivity index (χ0n) is 10.4. The van der Waals surface area contributed by atoms with Gasteiger partial charge in [0.15, 0.2) is 0 Å². The highest BCUT2D eigenvalue weighted by Gasteiger charge is 2.18. The van der Waals surface area contributed by atoms with Crippen LogP contribution in [0.4, 0.5) is 0 Å². The smallest absolute Gasteiger partial charge is 0.207 e. The minimum atomic E-state index is -3.33. The minimum absolute atomic E-state index is 0.361. The molecule has 5 heteroatoms. The number of rotatable bonds is 7. The zero-order chi connectivity index (χ0) is 12.7. The fraction of sp³-hybridized carbons (Fsp3) is 0.500. The van der Waals surface area contributed by atoms with Crippen molar-refractivity contribution in [2.45, 2.75) is 31.6 Å². The Labute approximate surface area is 105 Å². The lowest BCUT2D eigenvalue weighted by molar-refractivity contribution is 0.594. The molecule has 0 heterocycles. The molecule has 0 radical (unpaired) electrons. The Balaban J connectivity index is 2.77. The summed E-state index contributed by atoms with van der Waals surface area (Å²) in [7, 11) is -3.94. The number of hydrogen-bond acceptors (Lipinski definition) is 2. The summed E-state index contributed by atoms with van der Waals surface area (Å²) in [6.07, 6.45) is 3.94. The molecule has 3 nitrogen and oxygen atoms in total. The second-order valence-electron chi connectivity index (χ2n) is 3.89. The van der Waals surface area contributed by atoms with Gasteiger partial charge in [0.05, 0.1) is 4.90 Å². The van der Waals surface area contributed by atoms with Gasteiger partial charge in [0.1, 0.15) is 0 Å². The molecule has 0 spiro atoms. The van der Waals surface area contributed by atoms with E-state index >= 15 is 0 Å². The lowest BCUT2D eigenvalue weighted by atomic mass is 10.4. The molecule has 0 atom stereocenters. The van der Waals surface area contributed by atoms with Crippen molar-refractivity contribution in [2.24, 2.45) is 0 Å². The second-order valence-corrected chi connectivity index (χ2v) is 8.08. The van der Waals surface area contributed by atoms with E-state index in [1.807, 2.05) is 6.07 Å². The lowest BCUT2D eigenvalue weighted by Crippen LogP contribution is -2.21. The topological polar surface area (TPSA) is 46.2 Å². The van der Waals surface area contributed by atoms with Gasteiger partial charge < -0.3 is 0 Å². The first-order valence-electron chi connectivity index (χ1n) is 5.92. The molecule has 0 saturated heterocycles. The van der Waals surface area contributed by atoms with Gasteiger partial charge in [-0.15, -0.1) is 0 Å². The third kappa shape index (κ3) is 4.74. The van der Waals surface area contributed by atoms with Crippen LogP contribution >= 0.6 is 8.07 Å². The summed E-state index contributed by atoms with van der Waals surface area (Å²) in [6, 6.07) is 8.58. The van der Waals surface area contributed by atoms with Crippen LogP contribution in [0, 0.1) is 0 Å². The number of nitrogens with one attached hydrogen (secondary N) is 1. The Bertz CT molecular complexity index is 413. The molecule has 0 fully saturated rings. The van der Waals surface area contributed by atoms with Crippen LogP contribution in [0.5, 0.6) is 0 Å². The quantitative estimate of drug-likeness (QED) is 0.775. The van der Waals surface area contributed by atoms with Gasteiger partial charge in [-0.2, -0.15) is 4.49 Å². The molecule has 1 N–H and O–H groups in total. The Morgan fingerprint density at radius 3 is 2.06 bits per heavy atom. The van der Waals surface area contributed by atoms with Crippen LogP contribution in [0.3, 0.4) is 0 Å². The molecule has 96 valence electrons. The highest BCUT2D eigenvalue weighted by atomic mass is 32.2. The fourth-order valence-corrected chi connectivity index (χ4v) is 5.90. The molecule has 17 heavy (non-hydrogen) atoms. The van der Waals surface area contributed by atoms with Crippen LogP contribution < -0.4 is 4.49 Å². The van der Waals surface area contributed by atoms with Gasteiger partial charge in [-0.25, -0.2) is 8.42 Å². The van der Waals surface area contributed by atoms with Crippen LogP contribution in [-0.2, 0) is 10.0 Å². The molecule has 0 amide bonds. The van der Waals surface area contributed by atoms with Crippen LogP contribution in [0.25, 0.3) is 0 Å². The van der Waals surface area contributed by atoms with Crippen molar-refractivity contribution in [1.29, 1.82) is 0 Å². The molecule has 0 aromatic heterocycles.